The van der Waals surface area contributed by atoms with E-state index in [4.69, 9.17) is 0 Å². The molecule has 31 heavy (non-hydrogen) atoms. The highest BCUT2D eigenvalue weighted by Gasteiger charge is 2.30. The Bertz CT molecular complexity index is 849. The molecule has 0 spiro atoms. The summed E-state index contributed by atoms with van der Waals surface area (Å²) in [6.07, 6.45) is 5.46. The number of carbonyl (C=O) groups is 2. The first kappa shape index (κ1) is 23.4. The molecule has 1 fully saturated rings. The largest absolute Gasteiger partial charge is 0.352 e. The van der Waals surface area contributed by atoms with Crippen LogP contribution in [0.4, 0.5) is 0 Å². The summed E-state index contributed by atoms with van der Waals surface area (Å²) in [7, 11) is 0. The molecule has 3 rings (SSSR count). The van der Waals surface area contributed by atoms with Gasteiger partial charge >= 0.3 is 0 Å². The lowest BCUT2D eigenvalue weighted by atomic mass is 10.1. The van der Waals surface area contributed by atoms with Crippen LogP contribution in [0.15, 0.2) is 59.5 Å². The molecule has 0 aliphatic heterocycles. The predicted molar refractivity (Wildman–Crippen MR) is 128 cm³/mol. The SMILES string of the molecule is CC[C@@H](C(=O)NC1CCCC1)N(Cc1ccccc1C)C(=O)CCSc1ccccc1. The molecule has 2 aromatic rings. The summed E-state index contributed by atoms with van der Waals surface area (Å²) >= 11 is 1.68. The Labute approximate surface area is 190 Å². The highest BCUT2D eigenvalue weighted by atomic mass is 32.2. The van der Waals surface area contributed by atoms with Gasteiger partial charge in [0, 0.05) is 29.7 Å². The first-order valence-electron chi connectivity index (χ1n) is 11.4. The van der Waals surface area contributed by atoms with Crippen molar-refractivity contribution in [2.24, 2.45) is 0 Å². The average molecular weight is 439 g/mol. The van der Waals surface area contributed by atoms with Crippen LogP contribution in [-0.4, -0.2) is 34.6 Å². The van der Waals surface area contributed by atoms with Gasteiger partial charge in [-0.25, -0.2) is 0 Å². The molecule has 1 N–H and O–H groups in total. The number of amides is 2. The highest BCUT2D eigenvalue weighted by molar-refractivity contribution is 7.99. The van der Waals surface area contributed by atoms with E-state index in [2.05, 4.69) is 36.5 Å². The Morgan fingerprint density at radius 3 is 2.42 bits per heavy atom. The number of rotatable bonds is 10. The predicted octanol–water partition coefficient (Wildman–Crippen LogP) is 5.34. The second-order valence-corrected chi connectivity index (χ2v) is 9.44. The summed E-state index contributed by atoms with van der Waals surface area (Å²) in [5, 5.41) is 3.21. The Morgan fingerprint density at radius 2 is 1.74 bits per heavy atom. The van der Waals surface area contributed by atoms with Crippen molar-refractivity contribution in [3.63, 3.8) is 0 Å². The van der Waals surface area contributed by atoms with Gasteiger partial charge in [-0.2, -0.15) is 0 Å². The molecule has 0 bridgehead atoms. The number of nitrogens with one attached hydrogen (secondary N) is 1. The summed E-state index contributed by atoms with van der Waals surface area (Å²) in [5.41, 5.74) is 2.24. The molecule has 2 aromatic carbocycles. The molecule has 1 atom stereocenters. The maximum absolute atomic E-state index is 13.3. The first-order chi connectivity index (χ1) is 15.1. The van der Waals surface area contributed by atoms with E-state index in [0.717, 1.165) is 28.9 Å². The first-order valence-corrected chi connectivity index (χ1v) is 12.4. The minimum Gasteiger partial charge on any atom is -0.352 e. The van der Waals surface area contributed by atoms with Crippen LogP contribution in [0.3, 0.4) is 0 Å². The molecular weight excluding hydrogens is 404 g/mol. The van der Waals surface area contributed by atoms with Crippen LogP contribution in [0.25, 0.3) is 0 Å². The molecule has 1 saturated carbocycles. The van der Waals surface area contributed by atoms with Gasteiger partial charge in [-0.1, -0.05) is 62.2 Å². The van der Waals surface area contributed by atoms with Gasteiger partial charge in [0.05, 0.1) is 0 Å². The molecule has 0 radical (unpaired) electrons. The summed E-state index contributed by atoms with van der Waals surface area (Å²) in [4.78, 5) is 29.4. The minimum atomic E-state index is -0.436. The number of benzene rings is 2. The Kier molecular flexibility index (Phi) is 9.01. The molecule has 2 amide bonds. The summed E-state index contributed by atoms with van der Waals surface area (Å²) in [6, 6.07) is 18.1. The lowest BCUT2D eigenvalue weighted by Crippen LogP contribution is -2.51. The van der Waals surface area contributed by atoms with Crippen LogP contribution in [0, 0.1) is 6.92 Å². The van der Waals surface area contributed by atoms with E-state index in [1.807, 2.05) is 37.3 Å². The molecule has 0 saturated heterocycles. The second kappa shape index (κ2) is 11.9. The van der Waals surface area contributed by atoms with E-state index in [9.17, 15) is 9.59 Å². The Balaban J connectivity index is 1.71. The van der Waals surface area contributed by atoms with Crippen LogP contribution in [-0.2, 0) is 16.1 Å². The lowest BCUT2D eigenvalue weighted by Gasteiger charge is -2.32. The van der Waals surface area contributed by atoms with E-state index < -0.39 is 6.04 Å². The summed E-state index contributed by atoms with van der Waals surface area (Å²) in [6.45, 7) is 4.52. The van der Waals surface area contributed by atoms with Crippen molar-refractivity contribution >= 4 is 23.6 Å². The third-order valence-electron chi connectivity index (χ3n) is 6.02. The van der Waals surface area contributed by atoms with Gasteiger partial charge in [-0.3, -0.25) is 9.59 Å². The number of aryl methyl sites for hydroxylation is 1. The van der Waals surface area contributed by atoms with Gasteiger partial charge in [0.1, 0.15) is 6.04 Å². The monoisotopic (exact) mass is 438 g/mol. The van der Waals surface area contributed by atoms with Crippen LogP contribution in [0.2, 0.25) is 0 Å². The number of nitrogens with zero attached hydrogens (tertiary/aromatic N) is 1. The second-order valence-electron chi connectivity index (χ2n) is 8.27. The number of carbonyl (C=O) groups excluding carboxylic acids is 2. The quantitative estimate of drug-likeness (QED) is 0.509. The van der Waals surface area contributed by atoms with Crippen molar-refractivity contribution in [3.8, 4) is 0 Å². The molecule has 1 aliphatic carbocycles. The molecule has 0 heterocycles. The molecule has 5 heteroatoms. The van der Waals surface area contributed by atoms with Crippen LogP contribution in [0.5, 0.6) is 0 Å². The maximum atomic E-state index is 13.3. The van der Waals surface area contributed by atoms with Crippen LogP contribution >= 0.6 is 11.8 Å². The van der Waals surface area contributed by atoms with E-state index in [1.165, 1.54) is 12.8 Å². The van der Waals surface area contributed by atoms with Crippen molar-refractivity contribution in [2.75, 3.05) is 5.75 Å². The fourth-order valence-corrected chi connectivity index (χ4v) is 5.04. The number of hydrogen-bond acceptors (Lipinski definition) is 3. The van der Waals surface area contributed by atoms with E-state index in [0.29, 0.717) is 25.1 Å². The molecule has 0 unspecified atom stereocenters. The van der Waals surface area contributed by atoms with Crippen molar-refractivity contribution in [2.45, 2.75) is 75.9 Å². The highest BCUT2D eigenvalue weighted by Crippen LogP contribution is 2.22. The zero-order valence-corrected chi connectivity index (χ0v) is 19.5. The fraction of sp³-hybridized carbons (Fsp3) is 0.462. The van der Waals surface area contributed by atoms with Crippen molar-refractivity contribution in [1.29, 1.82) is 0 Å². The van der Waals surface area contributed by atoms with E-state index in [1.54, 1.807) is 16.7 Å². The zero-order valence-electron chi connectivity index (χ0n) is 18.7. The molecule has 166 valence electrons. The minimum absolute atomic E-state index is 0.00736. The van der Waals surface area contributed by atoms with Crippen LogP contribution < -0.4 is 5.32 Å². The van der Waals surface area contributed by atoms with Gasteiger partial charge in [0.15, 0.2) is 0 Å². The normalized spacial score (nSPS) is 14.9. The van der Waals surface area contributed by atoms with E-state index >= 15 is 0 Å². The van der Waals surface area contributed by atoms with Crippen molar-refractivity contribution in [1.82, 2.24) is 10.2 Å². The fourth-order valence-electron chi connectivity index (χ4n) is 4.17. The van der Waals surface area contributed by atoms with Crippen molar-refractivity contribution < 1.29 is 9.59 Å². The van der Waals surface area contributed by atoms with Gasteiger partial charge in [-0.15, -0.1) is 11.8 Å². The topological polar surface area (TPSA) is 49.4 Å². The molecular formula is C26H34N2O2S. The summed E-state index contributed by atoms with van der Waals surface area (Å²) in [5.74, 6) is 0.737. The Hall–Kier alpha value is -2.27. The average Bonchev–Trinajstić information content (AvgIpc) is 3.28. The number of thioether (sulfide) groups is 1. The van der Waals surface area contributed by atoms with Crippen molar-refractivity contribution in [3.05, 3.63) is 65.7 Å². The Morgan fingerprint density at radius 1 is 1.06 bits per heavy atom. The van der Waals surface area contributed by atoms with Gasteiger partial charge in [0.2, 0.25) is 11.8 Å². The third kappa shape index (κ3) is 6.86. The van der Waals surface area contributed by atoms with Gasteiger partial charge < -0.3 is 10.2 Å². The van der Waals surface area contributed by atoms with E-state index in [-0.39, 0.29) is 17.9 Å². The molecule has 4 nitrogen and oxygen atoms in total. The van der Waals surface area contributed by atoms with Crippen LogP contribution in [0.1, 0.15) is 56.6 Å². The maximum Gasteiger partial charge on any atom is 0.243 e. The third-order valence-corrected chi connectivity index (χ3v) is 7.03. The lowest BCUT2D eigenvalue weighted by molar-refractivity contribution is -0.141. The zero-order chi connectivity index (χ0) is 22.1. The standard InChI is InChI=1S/C26H34N2O2S/c1-3-24(26(30)27-22-13-9-10-14-22)28(19-21-12-8-7-11-20(21)2)25(29)17-18-31-23-15-5-4-6-16-23/h4-8,11-12,15-16,22,24H,3,9-10,13-14,17-19H2,1-2H3,(H,27,30)/t24-/m0/s1. The summed E-state index contributed by atoms with van der Waals surface area (Å²) < 4.78 is 0. The van der Waals surface area contributed by atoms with Gasteiger partial charge in [-0.05, 0) is 49.4 Å². The number of hydrogen-bond donors (Lipinski definition) is 1. The van der Waals surface area contributed by atoms with Gasteiger partial charge in [0.25, 0.3) is 0 Å². The smallest absolute Gasteiger partial charge is 0.243 e. The molecule has 0 aromatic heterocycles. The molecule has 1 aliphatic rings.